The van der Waals surface area contributed by atoms with Gasteiger partial charge in [0.15, 0.2) is 6.10 Å². The van der Waals surface area contributed by atoms with E-state index >= 15 is 0 Å². The molecule has 0 spiro atoms. The van der Waals surface area contributed by atoms with Gasteiger partial charge >= 0.3 is 5.97 Å². The maximum Gasteiger partial charge on any atom is 0.334 e. The number of carboxylic acids is 1. The fourth-order valence-corrected chi connectivity index (χ4v) is 2.58. The van der Waals surface area contributed by atoms with Gasteiger partial charge in [-0.3, -0.25) is 4.79 Å². The number of thiophene rings is 1. The Bertz CT molecular complexity index is 447. The van der Waals surface area contributed by atoms with Crippen molar-refractivity contribution in [2.75, 3.05) is 19.7 Å². The van der Waals surface area contributed by atoms with Gasteiger partial charge in [-0.1, -0.05) is 11.6 Å². The number of nitrogens with zero attached hydrogens (tertiary/aromatic N) is 1. The van der Waals surface area contributed by atoms with Gasteiger partial charge in [-0.15, -0.1) is 11.3 Å². The summed E-state index contributed by atoms with van der Waals surface area (Å²) in [4.78, 5) is 24.8. The average molecular weight is 276 g/mol. The Balaban J connectivity index is 2.07. The highest BCUT2D eigenvalue weighted by Gasteiger charge is 2.29. The van der Waals surface area contributed by atoms with Gasteiger partial charge in [0.25, 0.3) is 5.91 Å². The van der Waals surface area contributed by atoms with E-state index in [1.807, 2.05) is 0 Å². The summed E-state index contributed by atoms with van der Waals surface area (Å²) in [6.45, 7) is 0.712. The molecule has 1 N–H and O–H groups in total. The first-order valence-electron chi connectivity index (χ1n) is 4.97. The average Bonchev–Trinajstić information content (AvgIpc) is 2.75. The molecule has 2 rings (SSSR count). The number of aliphatic carboxylic acids is 1. The molecule has 5 nitrogen and oxygen atoms in total. The van der Waals surface area contributed by atoms with Gasteiger partial charge in [-0.05, 0) is 12.1 Å². The van der Waals surface area contributed by atoms with E-state index in [1.54, 1.807) is 12.1 Å². The SMILES string of the molecule is O=C(O)[C@@H]1CN(C(=O)c2ccc(Cl)s2)CCO1. The second-order valence-electron chi connectivity index (χ2n) is 3.55. The van der Waals surface area contributed by atoms with E-state index < -0.39 is 12.1 Å². The molecular formula is C10H10ClNO4S. The summed E-state index contributed by atoms with van der Waals surface area (Å²) in [6.07, 6.45) is -0.942. The lowest BCUT2D eigenvalue weighted by Gasteiger charge is -2.30. The summed E-state index contributed by atoms with van der Waals surface area (Å²) < 4.78 is 5.58. The molecule has 7 heteroatoms. The molecule has 0 aromatic carbocycles. The summed E-state index contributed by atoms with van der Waals surface area (Å²) in [5.41, 5.74) is 0. The molecule has 2 heterocycles. The van der Waals surface area contributed by atoms with Crippen LogP contribution in [0.1, 0.15) is 9.67 Å². The van der Waals surface area contributed by atoms with Crippen LogP contribution >= 0.6 is 22.9 Å². The van der Waals surface area contributed by atoms with Crippen molar-refractivity contribution in [1.29, 1.82) is 0 Å². The maximum atomic E-state index is 12.0. The summed E-state index contributed by atoms with van der Waals surface area (Å²) in [6, 6.07) is 3.29. The first-order valence-corrected chi connectivity index (χ1v) is 6.16. The third-order valence-electron chi connectivity index (χ3n) is 2.41. The molecular weight excluding hydrogens is 266 g/mol. The number of halogens is 1. The standard InChI is InChI=1S/C10H10ClNO4S/c11-8-2-1-7(17-8)9(13)12-3-4-16-6(5-12)10(14)15/h1-2,6H,3-5H2,(H,14,15)/t6-/m0/s1. The van der Waals surface area contributed by atoms with Crippen LogP contribution in [0, 0.1) is 0 Å². The lowest BCUT2D eigenvalue weighted by molar-refractivity contribution is -0.154. The molecule has 1 saturated heterocycles. The van der Waals surface area contributed by atoms with Gasteiger partial charge in [0, 0.05) is 6.54 Å². The van der Waals surface area contributed by atoms with E-state index in [4.69, 9.17) is 21.4 Å². The molecule has 1 aliphatic heterocycles. The fraction of sp³-hybridized carbons (Fsp3) is 0.400. The third-order valence-corrected chi connectivity index (χ3v) is 3.63. The smallest absolute Gasteiger partial charge is 0.334 e. The highest BCUT2D eigenvalue weighted by atomic mass is 35.5. The molecule has 17 heavy (non-hydrogen) atoms. The number of carbonyl (C=O) groups is 2. The molecule has 0 aliphatic carbocycles. The zero-order chi connectivity index (χ0) is 12.4. The van der Waals surface area contributed by atoms with E-state index in [-0.39, 0.29) is 19.1 Å². The first-order chi connectivity index (χ1) is 8.08. The van der Waals surface area contributed by atoms with Crippen molar-refractivity contribution >= 4 is 34.8 Å². The van der Waals surface area contributed by atoms with Crippen LogP contribution in [0.25, 0.3) is 0 Å². The Labute approximate surface area is 107 Å². The van der Waals surface area contributed by atoms with Gasteiger partial charge < -0.3 is 14.7 Å². The number of morpholine rings is 1. The number of carbonyl (C=O) groups excluding carboxylic acids is 1. The predicted octanol–water partition coefficient (Wildman–Crippen LogP) is 1.33. The Morgan fingerprint density at radius 1 is 1.53 bits per heavy atom. The zero-order valence-corrected chi connectivity index (χ0v) is 10.3. The van der Waals surface area contributed by atoms with Crippen LogP contribution in [0.4, 0.5) is 0 Å². The molecule has 0 bridgehead atoms. The van der Waals surface area contributed by atoms with E-state index in [0.717, 1.165) is 0 Å². The van der Waals surface area contributed by atoms with Gasteiger partial charge in [-0.25, -0.2) is 4.79 Å². The van der Waals surface area contributed by atoms with E-state index in [0.29, 0.717) is 15.8 Å². The van der Waals surface area contributed by atoms with Crippen LogP contribution in [-0.4, -0.2) is 47.7 Å². The van der Waals surface area contributed by atoms with Gasteiger partial charge in [0.05, 0.1) is 22.4 Å². The van der Waals surface area contributed by atoms with Crippen molar-refractivity contribution in [3.05, 3.63) is 21.3 Å². The van der Waals surface area contributed by atoms with E-state index in [1.165, 1.54) is 16.2 Å². The Hall–Kier alpha value is -1.11. The number of carboxylic acid groups (broad SMARTS) is 1. The summed E-state index contributed by atoms with van der Waals surface area (Å²) >= 11 is 6.94. The molecule has 1 fully saturated rings. The van der Waals surface area contributed by atoms with E-state index in [2.05, 4.69) is 0 Å². The number of ether oxygens (including phenoxy) is 1. The van der Waals surface area contributed by atoms with Crippen LogP contribution in [-0.2, 0) is 9.53 Å². The van der Waals surface area contributed by atoms with Crippen molar-refractivity contribution in [3.8, 4) is 0 Å². The quantitative estimate of drug-likeness (QED) is 0.884. The fourth-order valence-electron chi connectivity index (χ4n) is 1.57. The Morgan fingerprint density at radius 2 is 2.29 bits per heavy atom. The molecule has 92 valence electrons. The molecule has 1 aromatic heterocycles. The molecule has 1 amide bonds. The van der Waals surface area contributed by atoms with Crippen molar-refractivity contribution < 1.29 is 19.4 Å². The number of amides is 1. The zero-order valence-electron chi connectivity index (χ0n) is 8.76. The highest BCUT2D eigenvalue weighted by molar-refractivity contribution is 7.17. The van der Waals surface area contributed by atoms with Crippen molar-refractivity contribution in [2.24, 2.45) is 0 Å². The normalized spacial score (nSPS) is 20.3. The lowest BCUT2D eigenvalue weighted by Crippen LogP contribution is -2.48. The van der Waals surface area contributed by atoms with Crippen LogP contribution in [0.5, 0.6) is 0 Å². The highest BCUT2D eigenvalue weighted by Crippen LogP contribution is 2.23. The van der Waals surface area contributed by atoms with Gasteiger partial charge in [-0.2, -0.15) is 0 Å². The lowest BCUT2D eigenvalue weighted by atomic mass is 10.2. The van der Waals surface area contributed by atoms with Crippen LogP contribution in [0.3, 0.4) is 0 Å². The van der Waals surface area contributed by atoms with E-state index in [9.17, 15) is 9.59 Å². The van der Waals surface area contributed by atoms with Crippen LogP contribution < -0.4 is 0 Å². The Morgan fingerprint density at radius 3 is 2.88 bits per heavy atom. The largest absolute Gasteiger partial charge is 0.479 e. The van der Waals surface area contributed by atoms with Crippen molar-refractivity contribution in [1.82, 2.24) is 4.90 Å². The third kappa shape index (κ3) is 2.77. The van der Waals surface area contributed by atoms with Crippen LogP contribution in [0.15, 0.2) is 12.1 Å². The Kier molecular flexibility index (Phi) is 3.66. The summed E-state index contributed by atoms with van der Waals surface area (Å²) in [5.74, 6) is -1.25. The van der Waals surface area contributed by atoms with Gasteiger partial charge in [0.1, 0.15) is 0 Å². The number of rotatable bonds is 2. The molecule has 1 aromatic rings. The summed E-state index contributed by atoms with van der Waals surface area (Å²) in [5, 5.41) is 8.83. The first kappa shape index (κ1) is 12.3. The molecule has 0 radical (unpaired) electrons. The van der Waals surface area contributed by atoms with Crippen molar-refractivity contribution in [2.45, 2.75) is 6.10 Å². The second kappa shape index (κ2) is 5.03. The molecule has 1 aliphatic rings. The van der Waals surface area contributed by atoms with Crippen LogP contribution in [0.2, 0.25) is 4.34 Å². The monoisotopic (exact) mass is 275 g/mol. The number of hydrogen-bond acceptors (Lipinski definition) is 4. The topological polar surface area (TPSA) is 66.8 Å². The minimum Gasteiger partial charge on any atom is -0.479 e. The minimum atomic E-state index is -1.05. The second-order valence-corrected chi connectivity index (χ2v) is 5.27. The maximum absolute atomic E-state index is 12.0. The molecule has 0 unspecified atom stereocenters. The molecule has 1 atom stereocenters. The number of hydrogen-bond donors (Lipinski definition) is 1. The summed E-state index contributed by atoms with van der Waals surface area (Å²) in [7, 11) is 0. The van der Waals surface area contributed by atoms with Crippen molar-refractivity contribution in [3.63, 3.8) is 0 Å². The molecule has 0 saturated carbocycles. The predicted molar refractivity (Wildman–Crippen MR) is 62.6 cm³/mol. The minimum absolute atomic E-state index is 0.0731. The van der Waals surface area contributed by atoms with Gasteiger partial charge in [0.2, 0.25) is 0 Å².